The number of H-pyrrole nitrogens is 2. The Hall–Kier alpha value is -14.7. The molecule has 28 N–H and O–H groups in total. The zero-order valence-corrected chi connectivity index (χ0v) is 61.8. The van der Waals surface area contributed by atoms with Crippen LogP contribution in [-0.4, -0.2) is 200 Å². The average molecular weight is 1600 g/mol. The van der Waals surface area contributed by atoms with Gasteiger partial charge in [-0.15, -0.1) is 0 Å². The van der Waals surface area contributed by atoms with Gasteiger partial charge in [-0.3, -0.25) is 43.3 Å². The maximum Gasteiger partial charge on any atom is 0.372 e. The van der Waals surface area contributed by atoms with Gasteiger partial charge in [0.25, 0.3) is 0 Å². The molecule has 0 saturated carbocycles. The number of aromatic amines is 2. The molecule has 6 aromatic carbocycles. The number of phenols is 2. The van der Waals surface area contributed by atoms with Crippen LogP contribution in [0.2, 0.25) is 0 Å². The summed E-state index contributed by atoms with van der Waals surface area (Å²) in [6.45, 7) is 8.00. The third kappa shape index (κ3) is 32.2. The number of thioether (sulfide) groups is 1. The number of carbonyl (C=O) groups excluding carboxylic acids is 4. The van der Waals surface area contributed by atoms with E-state index in [1.54, 1.807) is 60.7 Å². The third-order valence-corrected chi connectivity index (χ3v) is 15.3. The zero-order valence-electron chi connectivity index (χ0n) is 61.0. The topological polar surface area (TPSA) is 738 Å². The summed E-state index contributed by atoms with van der Waals surface area (Å²) in [7, 11) is 0. The first kappa shape index (κ1) is 97.3. The summed E-state index contributed by atoms with van der Waals surface area (Å²) in [6.07, 6.45) is 2.12. The largest absolute Gasteiger partial charge is 0.506 e. The van der Waals surface area contributed by atoms with Gasteiger partial charge >= 0.3 is 59.7 Å². The van der Waals surface area contributed by atoms with Crippen LogP contribution in [0, 0.1) is 0 Å². The molecule has 0 amide bonds. The maximum atomic E-state index is 11.6. The van der Waals surface area contributed by atoms with Gasteiger partial charge in [-0.25, -0.2) is 38.5 Å². The van der Waals surface area contributed by atoms with Crippen molar-refractivity contribution in [2.75, 3.05) is 34.4 Å². The van der Waals surface area contributed by atoms with Gasteiger partial charge in [0.15, 0.2) is 34.5 Å². The SMILES string of the molecule is CC.CC.NC(Cc1c[nH]c2ccccc12)C(=O)O.Nc1c(O)cccc1C(=O)CC(N)C(=O)O.Nc1c(O)cccc1C(=O)O.Nc1ccccc1C(=O)CC(=O)C(=O)O.Nc1ccccc1C(=O)CC(N)C(=O)O.O=C(O)C1=NC(C(=O)O)CSC1.O=C(O)c1cc(=O)c2ccccc2[nH]1.O=C(O)c1cccnc1C(=O)O. The van der Waals surface area contributed by atoms with Gasteiger partial charge in [0.05, 0.1) is 28.9 Å². The van der Waals surface area contributed by atoms with Crippen LogP contribution < -0.4 is 45.6 Å². The summed E-state index contributed by atoms with van der Waals surface area (Å²) in [4.78, 5) is 174. The van der Waals surface area contributed by atoms with E-state index in [4.69, 9.17) is 96.3 Å². The molecule has 0 spiro atoms. The predicted molar refractivity (Wildman–Crippen MR) is 418 cm³/mol. The number of carbonyl (C=O) groups is 14. The van der Waals surface area contributed by atoms with Crippen LogP contribution in [0.5, 0.6) is 11.5 Å². The molecule has 3 aromatic heterocycles. The van der Waals surface area contributed by atoms with E-state index in [1.165, 1.54) is 78.6 Å². The molecule has 39 heteroatoms. The number of aliphatic carboxylic acids is 6. The number of rotatable bonds is 21. The summed E-state index contributed by atoms with van der Waals surface area (Å²) < 4.78 is 0. The molecule has 114 heavy (non-hydrogen) atoms. The molecule has 0 aliphatic carbocycles. The smallest absolute Gasteiger partial charge is 0.372 e. The first-order valence-corrected chi connectivity index (χ1v) is 34.2. The van der Waals surface area contributed by atoms with Gasteiger partial charge in [-0.2, -0.15) is 11.8 Å². The minimum absolute atomic E-state index is 0.0568. The minimum atomic E-state index is -1.61. The van der Waals surface area contributed by atoms with E-state index in [2.05, 4.69) is 19.9 Å². The Morgan fingerprint density at radius 1 is 0.482 bits per heavy atom. The zero-order chi connectivity index (χ0) is 86.8. The number of hydrogen-bond donors (Lipinski definition) is 21. The summed E-state index contributed by atoms with van der Waals surface area (Å²) in [5.41, 5.74) is 40.0. The van der Waals surface area contributed by atoms with Gasteiger partial charge in [0, 0.05) is 99.1 Å². The monoisotopic (exact) mass is 1600 g/mol. The molecule has 0 radical (unpaired) electrons. The number of nitrogen functional groups attached to an aromatic ring is 4. The molecule has 1 aliphatic heterocycles. The molecular weight excluding hydrogens is 1520 g/mol. The van der Waals surface area contributed by atoms with Crippen molar-refractivity contribution in [3.8, 4) is 11.5 Å². The summed E-state index contributed by atoms with van der Waals surface area (Å²) in [6, 6.07) is 35.0. The molecule has 4 heterocycles. The number of fused-ring (bicyclic) bond motifs is 2. The number of nitrogens with zero attached hydrogens (tertiary/aromatic N) is 2. The van der Waals surface area contributed by atoms with Gasteiger partial charge in [-0.05, 0) is 84.4 Å². The lowest BCUT2D eigenvalue weighted by Gasteiger charge is -2.13. The third-order valence-electron chi connectivity index (χ3n) is 14.2. The van der Waals surface area contributed by atoms with Gasteiger partial charge < -0.3 is 111 Å². The highest BCUT2D eigenvalue weighted by molar-refractivity contribution is 8.00. The van der Waals surface area contributed by atoms with E-state index in [9.17, 15) is 77.0 Å². The minimum Gasteiger partial charge on any atom is -0.506 e. The van der Waals surface area contributed by atoms with Crippen molar-refractivity contribution < 1.29 is 128 Å². The fourth-order valence-corrected chi connectivity index (χ4v) is 9.56. The summed E-state index contributed by atoms with van der Waals surface area (Å²) >= 11 is 1.28. The molecule has 4 atom stereocenters. The fraction of sp³-hybridized carbons (Fsp3) is 0.187. The Kier molecular flexibility index (Phi) is 42.1. The van der Waals surface area contributed by atoms with E-state index < -0.39 is 113 Å². The fourth-order valence-electron chi connectivity index (χ4n) is 8.61. The van der Waals surface area contributed by atoms with Crippen LogP contribution in [0.15, 0.2) is 174 Å². The second-order valence-corrected chi connectivity index (χ2v) is 23.1. The standard InChI is InChI=1S/C11H12N2O2.C10H12N2O4.C10H12N2O3.C10H9NO4.C10H7NO3.C7H5NO4.C7H7NO3.C6H7NO4S.2C2H6/c12-9(11(14)15)5-7-6-13-10-4-2-1-3-8(7)10;11-6(10(15)16)4-8(14)5-2-1-3-7(13)9(5)12;11-7-4-2-1-3-6(7)9(13)5-8(12)10(14)15;11-7-4-2-1-3-6(7)8(12)5-9(13)10(14)15;12-9-5-8(10(13)14)11-7-4-2-1-3-6(7)9;9-6(10)4-2-1-3-8-5(4)7(11)12;8-6-4(7(10)11)2-1-3-5(6)9;8-5(9)3-1-12-2-4(7-3)6(10)11;2*1-2/h1-4,6,9,13H,5,12H2,(H,14,15);1-3,6,13H,4,11-12H2,(H,15,16);1-4,8H,5,11-12H2,(H,14,15);1-4H,5,11H2,(H,14,15);1-5H,(H,11,12)(H,13,14);1-3H,(H,9,10)(H,11,12);1-3,9H,8H2,(H,10,11);3H,1-2H2,(H,8,9)(H,10,11);2*1-2H3. The highest BCUT2D eigenvalue weighted by Crippen LogP contribution is 2.26. The van der Waals surface area contributed by atoms with Gasteiger partial charge in [-0.1, -0.05) is 94.4 Å². The second-order valence-electron chi connectivity index (χ2n) is 22.1. The Morgan fingerprint density at radius 3 is 1.37 bits per heavy atom. The Labute approximate surface area is 650 Å². The number of carboxylic acid groups (broad SMARTS) is 10. The Balaban J connectivity index is 0.000000649. The van der Waals surface area contributed by atoms with Crippen LogP contribution in [-0.2, 0) is 40.0 Å². The highest BCUT2D eigenvalue weighted by Gasteiger charge is 2.26. The molecule has 4 unspecified atom stereocenters. The number of anilines is 4. The van der Waals surface area contributed by atoms with Crippen molar-refractivity contribution in [2.24, 2.45) is 22.2 Å². The number of carboxylic acids is 10. The van der Waals surface area contributed by atoms with E-state index >= 15 is 0 Å². The van der Waals surface area contributed by atoms with Crippen molar-refractivity contribution >= 4 is 145 Å². The number of Topliss-reactive ketones (excluding diaryl/α,β-unsaturated/α-hetero) is 4. The van der Waals surface area contributed by atoms with Crippen molar-refractivity contribution in [1.82, 2.24) is 15.0 Å². The van der Waals surface area contributed by atoms with Crippen molar-refractivity contribution in [3.05, 3.63) is 219 Å². The van der Waals surface area contributed by atoms with Crippen molar-refractivity contribution in [1.29, 1.82) is 0 Å². The van der Waals surface area contributed by atoms with Gasteiger partial charge in [0.1, 0.15) is 41.0 Å². The molecule has 0 saturated heterocycles. The summed E-state index contributed by atoms with van der Waals surface area (Å²) in [5.74, 6) is -14.5. The number of nitrogens with one attached hydrogen (secondary N) is 2. The van der Waals surface area contributed by atoms with Crippen LogP contribution in [0.1, 0.15) is 125 Å². The number of pyridine rings is 2. The average Bonchev–Trinajstić information content (AvgIpc) is 1.12. The number of aliphatic imine (C=N–C) groups is 1. The number of aromatic hydroxyl groups is 2. The number of aromatic nitrogens is 3. The molecule has 0 bridgehead atoms. The Morgan fingerprint density at radius 2 is 0.921 bits per heavy atom. The summed E-state index contributed by atoms with van der Waals surface area (Å²) in [5, 5.41) is 105. The predicted octanol–water partition coefficient (Wildman–Crippen LogP) is 5.97. The first-order valence-electron chi connectivity index (χ1n) is 33.0. The quantitative estimate of drug-likeness (QED) is 0.0129. The number of nitrogens with two attached hydrogens (primary N) is 7. The van der Waals surface area contributed by atoms with E-state index in [0.717, 1.165) is 22.5 Å². The van der Waals surface area contributed by atoms with Crippen molar-refractivity contribution in [2.45, 2.75) is 77.5 Å². The lowest BCUT2D eigenvalue weighted by atomic mass is 10.0. The maximum absolute atomic E-state index is 11.6. The number of hydrogen-bond acceptors (Lipinski definition) is 27. The lowest BCUT2D eigenvalue weighted by molar-refractivity contribution is -0.148. The van der Waals surface area contributed by atoms with Crippen LogP contribution in [0.4, 0.5) is 22.7 Å². The number of ketones is 4. The molecular formula is C75H83N11O27S. The molecule has 606 valence electrons. The normalized spacial score (nSPS) is 11.9. The van der Waals surface area contributed by atoms with Crippen LogP contribution >= 0.6 is 11.8 Å². The molecule has 38 nitrogen and oxygen atoms in total. The van der Waals surface area contributed by atoms with Crippen LogP contribution in [0.25, 0.3) is 21.8 Å². The number of phenolic OH excluding ortho intramolecular Hbond substituents is 2. The second kappa shape index (κ2) is 49.4. The van der Waals surface area contributed by atoms with E-state index in [0.29, 0.717) is 40.1 Å². The number of benzene rings is 6. The van der Waals surface area contributed by atoms with Crippen molar-refractivity contribution in [3.63, 3.8) is 0 Å². The molecule has 0 fully saturated rings. The van der Waals surface area contributed by atoms with Gasteiger partial charge in [0.2, 0.25) is 5.78 Å². The van der Waals surface area contributed by atoms with Crippen LogP contribution in [0.3, 0.4) is 0 Å². The number of aromatic carboxylic acids is 4. The lowest BCUT2D eigenvalue weighted by Crippen LogP contribution is -2.32. The first-order chi connectivity index (χ1) is 53.7. The Bertz CT molecular complexity index is 4970. The highest BCUT2D eigenvalue weighted by atomic mass is 32.2. The number of para-hydroxylation sites is 6. The molecule has 9 aromatic rings. The van der Waals surface area contributed by atoms with E-state index in [-0.39, 0.29) is 86.3 Å². The van der Waals surface area contributed by atoms with E-state index in [1.807, 2.05) is 58.2 Å². The molecule has 1 aliphatic rings. The molecule has 10 rings (SSSR count).